The quantitative estimate of drug-likeness (QED) is 0.761. The Kier molecular flexibility index (Phi) is 6.08. The van der Waals surface area contributed by atoms with E-state index in [4.69, 9.17) is 0 Å². The molecule has 0 atom stereocenters. The number of hydrogen-bond acceptors (Lipinski definition) is 2. The molecule has 1 amide bonds. The first-order valence-electron chi connectivity index (χ1n) is 7.68. The number of benzene rings is 2. The van der Waals surface area contributed by atoms with Crippen LogP contribution in [0.3, 0.4) is 0 Å². The second-order valence-electron chi connectivity index (χ2n) is 5.40. The first-order valence-corrected chi connectivity index (χ1v) is 8.66. The summed E-state index contributed by atoms with van der Waals surface area (Å²) in [6.07, 6.45) is 1.45. The fourth-order valence-corrected chi connectivity index (χ4v) is 3.18. The molecule has 0 radical (unpaired) electrons. The van der Waals surface area contributed by atoms with Crippen LogP contribution in [-0.4, -0.2) is 11.7 Å². The number of amides is 1. The summed E-state index contributed by atoms with van der Waals surface area (Å²) < 4.78 is 0. The number of rotatable bonds is 6. The molecule has 0 aliphatic carbocycles. The fraction of sp³-hybridized carbons (Fsp3) is 0.316. The van der Waals surface area contributed by atoms with Gasteiger partial charge in [-0.3, -0.25) is 4.79 Å². The molecule has 1 N–H and O–H groups in total. The van der Waals surface area contributed by atoms with E-state index in [-0.39, 0.29) is 5.91 Å². The molecule has 0 saturated heterocycles. The van der Waals surface area contributed by atoms with Crippen molar-refractivity contribution in [3.63, 3.8) is 0 Å². The van der Waals surface area contributed by atoms with Crippen molar-refractivity contribution in [2.75, 3.05) is 11.1 Å². The molecule has 0 heterocycles. The Hall–Kier alpha value is -1.74. The van der Waals surface area contributed by atoms with Crippen LogP contribution in [0.15, 0.2) is 47.4 Å². The normalized spacial score (nSPS) is 10.5. The van der Waals surface area contributed by atoms with Crippen molar-refractivity contribution in [2.24, 2.45) is 0 Å². The lowest BCUT2D eigenvalue weighted by Gasteiger charge is -2.09. The molecule has 0 unspecified atom stereocenters. The zero-order chi connectivity index (χ0) is 15.9. The second kappa shape index (κ2) is 8.04. The fourth-order valence-electron chi connectivity index (χ4n) is 2.23. The van der Waals surface area contributed by atoms with E-state index in [0.29, 0.717) is 6.42 Å². The molecule has 0 bridgehead atoms. The molecule has 2 rings (SSSR count). The van der Waals surface area contributed by atoms with Gasteiger partial charge in [0.05, 0.1) is 0 Å². The molecule has 0 aromatic heterocycles. The average Bonchev–Trinajstić information content (AvgIpc) is 2.51. The minimum atomic E-state index is 0.0808. The topological polar surface area (TPSA) is 29.1 Å². The SMILES string of the molecule is CCc1ccccc1NC(=O)CCSc1ccc(C)c(C)c1. The summed E-state index contributed by atoms with van der Waals surface area (Å²) in [6.45, 7) is 6.33. The van der Waals surface area contributed by atoms with Gasteiger partial charge in [0.2, 0.25) is 5.91 Å². The molecule has 2 nitrogen and oxygen atoms in total. The summed E-state index contributed by atoms with van der Waals surface area (Å²) >= 11 is 1.73. The molecule has 2 aromatic rings. The van der Waals surface area contributed by atoms with Crippen LogP contribution in [0.2, 0.25) is 0 Å². The molecule has 0 aliphatic rings. The van der Waals surface area contributed by atoms with Crippen LogP contribution in [0.25, 0.3) is 0 Å². The Morgan fingerprint density at radius 3 is 2.59 bits per heavy atom. The average molecular weight is 313 g/mol. The second-order valence-corrected chi connectivity index (χ2v) is 6.57. The van der Waals surface area contributed by atoms with Gasteiger partial charge in [-0.15, -0.1) is 11.8 Å². The zero-order valence-corrected chi connectivity index (χ0v) is 14.3. The summed E-state index contributed by atoms with van der Waals surface area (Å²) in [6, 6.07) is 14.4. The van der Waals surface area contributed by atoms with Crippen molar-refractivity contribution in [1.29, 1.82) is 0 Å². The van der Waals surface area contributed by atoms with Gasteiger partial charge in [0.1, 0.15) is 0 Å². The van der Waals surface area contributed by atoms with E-state index in [1.165, 1.54) is 21.6 Å². The molecule has 2 aromatic carbocycles. The molecule has 0 saturated carbocycles. The molecule has 0 spiro atoms. The number of nitrogens with one attached hydrogen (secondary N) is 1. The Morgan fingerprint density at radius 2 is 1.86 bits per heavy atom. The third kappa shape index (κ3) is 4.63. The van der Waals surface area contributed by atoms with Crippen LogP contribution in [0, 0.1) is 13.8 Å². The highest BCUT2D eigenvalue weighted by atomic mass is 32.2. The lowest BCUT2D eigenvalue weighted by molar-refractivity contribution is -0.115. The van der Waals surface area contributed by atoms with Crippen LogP contribution >= 0.6 is 11.8 Å². The molecule has 116 valence electrons. The number of carbonyl (C=O) groups is 1. The lowest BCUT2D eigenvalue weighted by Crippen LogP contribution is -2.13. The first-order chi connectivity index (χ1) is 10.6. The Labute approximate surface area is 137 Å². The maximum atomic E-state index is 12.1. The van der Waals surface area contributed by atoms with Gasteiger partial charge in [0, 0.05) is 22.8 Å². The number of thioether (sulfide) groups is 1. The molecule has 3 heteroatoms. The van der Waals surface area contributed by atoms with Crippen molar-refractivity contribution in [3.05, 3.63) is 59.2 Å². The van der Waals surface area contributed by atoms with Crippen LogP contribution < -0.4 is 5.32 Å². The number of para-hydroxylation sites is 1. The number of carbonyl (C=O) groups excluding carboxylic acids is 1. The van der Waals surface area contributed by atoms with Gasteiger partial charge in [0.25, 0.3) is 0 Å². The smallest absolute Gasteiger partial charge is 0.225 e. The van der Waals surface area contributed by atoms with Gasteiger partial charge >= 0.3 is 0 Å². The Bertz CT molecular complexity index is 652. The predicted octanol–water partition coefficient (Wildman–Crippen LogP) is 4.99. The van der Waals surface area contributed by atoms with E-state index < -0.39 is 0 Å². The highest BCUT2D eigenvalue weighted by Gasteiger charge is 2.06. The Morgan fingerprint density at radius 1 is 1.09 bits per heavy atom. The monoisotopic (exact) mass is 313 g/mol. The molecule has 0 fully saturated rings. The predicted molar refractivity (Wildman–Crippen MR) is 95.7 cm³/mol. The molecule has 0 aliphatic heterocycles. The van der Waals surface area contributed by atoms with E-state index in [9.17, 15) is 4.79 Å². The number of anilines is 1. The van der Waals surface area contributed by atoms with Gasteiger partial charge in [0.15, 0.2) is 0 Å². The minimum absolute atomic E-state index is 0.0808. The first kappa shape index (κ1) is 16.6. The van der Waals surface area contributed by atoms with Gasteiger partial charge < -0.3 is 5.32 Å². The van der Waals surface area contributed by atoms with Crippen LogP contribution in [0.4, 0.5) is 5.69 Å². The van der Waals surface area contributed by atoms with Crippen LogP contribution in [-0.2, 0) is 11.2 Å². The van der Waals surface area contributed by atoms with E-state index in [1.807, 2.05) is 18.2 Å². The zero-order valence-electron chi connectivity index (χ0n) is 13.5. The van der Waals surface area contributed by atoms with Crippen LogP contribution in [0.5, 0.6) is 0 Å². The maximum Gasteiger partial charge on any atom is 0.225 e. The summed E-state index contributed by atoms with van der Waals surface area (Å²) in [5.41, 5.74) is 4.72. The maximum absolute atomic E-state index is 12.1. The largest absolute Gasteiger partial charge is 0.326 e. The van der Waals surface area contributed by atoms with Crippen molar-refractivity contribution < 1.29 is 4.79 Å². The van der Waals surface area contributed by atoms with E-state index in [0.717, 1.165) is 17.9 Å². The van der Waals surface area contributed by atoms with Gasteiger partial charge in [-0.1, -0.05) is 31.2 Å². The number of aryl methyl sites for hydroxylation is 3. The third-order valence-electron chi connectivity index (χ3n) is 3.75. The van der Waals surface area contributed by atoms with Crippen molar-refractivity contribution in [2.45, 2.75) is 38.5 Å². The summed E-state index contributed by atoms with van der Waals surface area (Å²) in [5.74, 6) is 0.875. The van der Waals surface area contributed by atoms with E-state index in [2.05, 4.69) is 50.4 Å². The van der Waals surface area contributed by atoms with E-state index >= 15 is 0 Å². The number of hydrogen-bond donors (Lipinski definition) is 1. The summed E-state index contributed by atoms with van der Waals surface area (Å²) in [7, 11) is 0. The molecular formula is C19H23NOS. The van der Waals surface area contributed by atoms with Crippen LogP contribution in [0.1, 0.15) is 30.0 Å². The van der Waals surface area contributed by atoms with Gasteiger partial charge in [-0.25, -0.2) is 0 Å². The molecular weight excluding hydrogens is 290 g/mol. The highest BCUT2D eigenvalue weighted by Crippen LogP contribution is 2.22. The van der Waals surface area contributed by atoms with Gasteiger partial charge in [-0.2, -0.15) is 0 Å². The van der Waals surface area contributed by atoms with Gasteiger partial charge in [-0.05, 0) is 55.2 Å². The van der Waals surface area contributed by atoms with E-state index in [1.54, 1.807) is 11.8 Å². The van der Waals surface area contributed by atoms with Crippen molar-refractivity contribution >= 4 is 23.4 Å². The van der Waals surface area contributed by atoms with Crippen molar-refractivity contribution in [1.82, 2.24) is 0 Å². The summed E-state index contributed by atoms with van der Waals surface area (Å²) in [5, 5.41) is 3.02. The minimum Gasteiger partial charge on any atom is -0.326 e. The van der Waals surface area contributed by atoms with Crippen molar-refractivity contribution in [3.8, 4) is 0 Å². The summed E-state index contributed by atoms with van der Waals surface area (Å²) in [4.78, 5) is 13.3. The Balaban J connectivity index is 1.84. The third-order valence-corrected chi connectivity index (χ3v) is 4.74. The molecule has 22 heavy (non-hydrogen) atoms. The lowest BCUT2D eigenvalue weighted by atomic mass is 10.1. The standard InChI is InChI=1S/C19H23NOS/c1-4-16-7-5-6-8-18(16)20-19(21)11-12-22-17-10-9-14(2)15(3)13-17/h5-10,13H,4,11-12H2,1-3H3,(H,20,21). The highest BCUT2D eigenvalue weighted by molar-refractivity contribution is 7.99.